The van der Waals surface area contributed by atoms with Crippen LogP contribution in [0.25, 0.3) is 6.08 Å². The lowest BCUT2D eigenvalue weighted by Gasteiger charge is -2.17. The van der Waals surface area contributed by atoms with Crippen LogP contribution in [0.4, 0.5) is 5.69 Å². The van der Waals surface area contributed by atoms with Crippen LogP contribution in [0.5, 0.6) is 0 Å². The fourth-order valence-corrected chi connectivity index (χ4v) is 3.36. The van der Waals surface area contributed by atoms with Gasteiger partial charge in [-0.3, -0.25) is 4.79 Å². The summed E-state index contributed by atoms with van der Waals surface area (Å²) >= 11 is 0. The van der Waals surface area contributed by atoms with Gasteiger partial charge in [0, 0.05) is 24.2 Å². The minimum Gasteiger partial charge on any atom is -0.451 e. The number of anilines is 1. The Hall–Kier alpha value is -3.37. The van der Waals surface area contributed by atoms with Gasteiger partial charge in [-0.2, -0.15) is 5.26 Å². The first-order chi connectivity index (χ1) is 14.3. The third kappa shape index (κ3) is 5.82. The Morgan fingerprint density at radius 3 is 2.63 bits per heavy atom. The van der Waals surface area contributed by atoms with Crippen molar-refractivity contribution in [3.05, 3.63) is 58.4 Å². The Kier molecular flexibility index (Phi) is 7.96. The molecule has 158 valence electrons. The van der Waals surface area contributed by atoms with Crippen LogP contribution in [0.2, 0.25) is 0 Å². The number of ether oxygens (including phenoxy) is 2. The molecule has 1 heterocycles. The van der Waals surface area contributed by atoms with Gasteiger partial charge in [-0.1, -0.05) is 12.1 Å². The molecule has 1 N–H and O–H groups in total. The predicted molar refractivity (Wildman–Crippen MR) is 115 cm³/mol. The molecular formula is C23H27N3O4. The quantitative estimate of drug-likeness (QED) is 0.408. The maximum Gasteiger partial charge on any atom is 0.349 e. The highest BCUT2D eigenvalue weighted by Crippen LogP contribution is 2.23. The van der Waals surface area contributed by atoms with Crippen molar-refractivity contribution in [2.24, 2.45) is 0 Å². The third-order valence-corrected chi connectivity index (χ3v) is 4.65. The summed E-state index contributed by atoms with van der Waals surface area (Å²) in [6, 6.07) is 11.1. The zero-order valence-corrected chi connectivity index (χ0v) is 18.0. The lowest BCUT2D eigenvalue weighted by Crippen LogP contribution is -2.21. The van der Waals surface area contributed by atoms with Crippen LogP contribution >= 0.6 is 0 Å². The van der Waals surface area contributed by atoms with Crippen molar-refractivity contribution in [1.29, 1.82) is 5.26 Å². The molecule has 0 aliphatic rings. The number of carbonyl (C=O) groups is 2. The lowest BCUT2D eigenvalue weighted by molar-refractivity contribution is -0.142. The van der Waals surface area contributed by atoms with Crippen LogP contribution in [0.3, 0.4) is 0 Å². The predicted octanol–water partition coefficient (Wildman–Crippen LogP) is 3.71. The van der Waals surface area contributed by atoms with E-state index in [1.165, 1.54) is 6.08 Å². The van der Waals surface area contributed by atoms with E-state index in [4.69, 9.17) is 9.47 Å². The smallest absolute Gasteiger partial charge is 0.349 e. The van der Waals surface area contributed by atoms with Crippen molar-refractivity contribution in [3.63, 3.8) is 0 Å². The largest absolute Gasteiger partial charge is 0.451 e. The van der Waals surface area contributed by atoms with Crippen molar-refractivity contribution >= 4 is 23.6 Å². The number of methoxy groups -OCH3 is 1. The van der Waals surface area contributed by atoms with Gasteiger partial charge in [0.05, 0.1) is 12.6 Å². The van der Waals surface area contributed by atoms with Crippen molar-refractivity contribution in [2.45, 2.75) is 33.7 Å². The molecule has 0 unspecified atom stereocenters. The fraction of sp³-hybridized carbons (Fsp3) is 0.348. The molecule has 0 spiro atoms. The first-order valence-corrected chi connectivity index (χ1v) is 9.59. The average Bonchev–Trinajstić information content (AvgIpc) is 2.97. The molecule has 1 aromatic carbocycles. The minimum atomic E-state index is -0.841. The van der Waals surface area contributed by atoms with Gasteiger partial charge in [0.1, 0.15) is 11.6 Å². The van der Waals surface area contributed by atoms with E-state index in [1.807, 2.05) is 52.0 Å². The number of benzene rings is 1. The number of aryl methyl sites for hydroxylation is 2. The van der Waals surface area contributed by atoms with Crippen LogP contribution in [-0.2, 0) is 19.1 Å². The summed E-state index contributed by atoms with van der Waals surface area (Å²) < 4.78 is 12.3. The molecule has 1 amide bonds. The summed E-state index contributed by atoms with van der Waals surface area (Å²) in [4.78, 5) is 24.3. The van der Waals surface area contributed by atoms with Gasteiger partial charge >= 0.3 is 5.97 Å². The van der Waals surface area contributed by atoms with Crippen LogP contribution in [0.15, 0.2) is 35.9 Å². The normalized spacial score (nSPS) is 12.2. The summed E-state index contributed by atoms with van der Waals surface area (Å²) in [6.45, 7) is 7.88. The molecule has 7 nitrogen and oxygen atoms in total. The van der Waals surface area contributed by atoms with E-state index in [2.05, 4.69) is 9.88 Å². The first kappa shape index (κ1) is 22.9. The number of rotatable bonds is 8. The maximum absolute atomic E-state index is 12.3. The van der Waals surface area contributed by atoms with Crippen molar-refractivity contribution < 1.29 is 19.1 Å². The number of amides is 1. The number of nitrogens with one attached hydrogen (secondary N) is 1. The monoisotopic (exact) mass is 409 g/mol. The average molecular weight is 409 g/mol. The van der Waals surface area contributed by atoms with E-state index < -0.39 is 18.5 Å². The molecule has 7 heteroatoms. The van der Waals surface area contributed by atoms with Crippen LogP contribution in [0.1, 0.15) is 35.5 Å². The zero-order chi connectivity index (χ0) is 22.3. The number of nitrogens with zero attached hydrogens (tertiary/aromatic N) is 2. The Balaban J connectivity index is 2.07. The van der Waals surface area contributed by atoms with Crippen LogP contribution in [0, 0.1) is 32.1 Å². The molecule has 0 radical (unpaired) electrons. The number of esters is 1. The Labute approximate surface area is 176 Å². The van der Waals surface area contributed by atoms with Gasteiger partial charge in [0.25, 0.3) is 5.91 Å². The van der Waals surface area contributed by atoms with E-state index in [0.29, 0.717) is 12.3 Å². The van der Waals surface area contributed by atoms with Gasteiger partial charge in [0.15, 0.2) is 6.61 Å². The first-order valence-electron chi connectivity index (χ1n) is 9.59. The molecule has 0 saturated heterocycles. The standard InChI is InChI=1S/C23H27N3O4/c1-15-7-6-8-21(9-15)25-22(27)14-30-23(28)20(12-24)11-19-10-16(2)26(18(19)4)17(3)13-29-5/h6-11,17H,13-14H2,1-5H3,(H,25,27)/b20-11+/t17-/m0/s1. The second kappa shape index (κ2) is 10.4. The SMILES string of the molecule is COC[C@H](C)n1c(C)cc(/C=C(\C#N)C(=O)OCC(=O)Nc2cccc(C)c2)c1C. The molecule has 0 bridgehead atoms. The number of carbonyl (C=O) groups excluding carboxylic acids is 2. The van der Waals surface area contributed by atoms with Crippen LogP contribution in [-0.4, -0.2) is 36.8 Å². The number of nitriles is 1. The third-order valence-electron chi connectivity index (χ3n) is 4.65. The van der Waals surface area contributed by atoms with Gasteiger partial charge in [-0.25, -0.2) is 4.79 Å². The van der Waals surface area contributed by atoms with Gasteiger partial charge in [-0.05, 0) is 63.1 Å². The van der Waals surface area contributed by atoms with E-state index in [9.17, 15) is 14.9 Å². The lowest BCUT2D eigenvalue weighted by atomic mass is 10.1. The summed E-state index contributed by atoms with van der Waals surface area (Å²) in [6.07, 6.45) is 1.49. The van der Waals surface area contributed by atoms with Crippen molar-refractivity contribution in [3.8, 4) is 6.07 Å². The van der Waals surface area contributed by atoms with Crippen LogP contribution < -0.4 is 5.32 Å². The van der Waals surface area contributed by atoms with Crippen molar-refractivity contribution in [1.82, 2.24) is 4.57 Å². The highest BCUT2D eigenvalue weighted by atomic mass is 16.5. The van der Waals surface area contributed by atoms with Gasteiger partial charge in [-0.15, -0.1) is 0 Å². The minimum absolute atomic E-state index is 0.111. The second-order valence-corrected chi connectivity index (χ2v) is 7.16. The van der Waals surface area contributed by atoms with E-state index in [-0.39, 0.29) is 11.6 Å². The van der Waals surface area contributed by atoms with Crippen molar-refractivity contribution in [2.75, 3.05) is 25.6 Å². The molecule has 0 saturated carbocycles. The molecule has 1 aromatic heterocycles. The summed E-state index contributed by atoms with van der Waals surface area (Å²) in [5.41, 5.74) is 4.09. The summed E-state index contributed by atoms with van der Waals surface area (Å²) in [5.74, 6) is -1.32. The Morgan fingerprint density at radius 2 is 2.00 bits per heavy atom. The molecule has 2 aromatic rings. The van der Waals surface area contributed by atoms with E-state index in [0.717, 1.165) is 22.5 Å². The number of aromatic nitrogens is 1. The maximum atomic E-state index is 12.3. The molecule has 0 aliphatic carbocycles. The molecule has 1 atom stereocenters. The van der Waals surface area contributed by atoms with Gasteiger partial charge in [0.2, 0.25) is 0 Å². The highest BCUT2D eigenvalue weighted by Gasteiger charge is 2.17. The highest BCUT2D eigenvalue weighted by molar-refractivity contribution is 6.00. The number of hydrogen-bond donors (Lipinski definition) is 1. The second-order valence-electron chi connectivity index (χ2n) is 7.16. The topological polar surface area (TPSA) is 93.3 Å². The van der Waals surface area contributed by atoms with Gasteiger partial charge < -0.3 is 19.4 Å². The molecule has 30 heavy (non-hydrogen) atoms. The molecular weight excluding hydrogens is 382 g/mol. The Morgan fingerprint density at radius 1 is 1.27 bits per heavy atom. The molecule has 2 rings (SSSR count). The molecule has 0 fully saturated rings. The van der Waals surface area contributed by atoms with E-state index in [1.54, 1.807) is 19.2 Å². The summed E-state index contributed by atoms with van der Waals surface area (Å²) in [7, 11) is 1.64. The Bertz CT molecular complexity index is 998. The fourth-order valence-electron chi connectivity index (χ4n) is 3.36. The molecule has 0 aliphatic heterocycles. The summed E-state index contributed by atoms with van der Waals surface area (Å²) in [5, 5.41) is 12.1. The number of hydrogen-bond acceptors (Lipinski definition) is 5. The van der Waals surface area contributed by atoms with E-state index >= 15 is 0 Å². The zero-order valence-electron chi connectivity index (χ0n) is 18.0.